The van der Waals surface area contributed by atoms with Crippen molar-refractivity contribution in [1.29, 1.82) is 0 Å². The second-order valence-corrected chi connectivity index (χ2v) is 7.95. The van der Waals surface area contributed by atoms with Gasteiger partial charge < -0.3 is 20.1 Å². The van der Waals surface area contributed by atoms with Crippen molar-refractivity contribution >= 4 is 29.9 Å². The Hall–Kier alpha value is -0.850. The molecule has 5 nitrogen and oxygen atoms in total. The van der Waals surface area contributed by atoms with E-state index in [2.05, 4.69) is 10.6 Å². The van der Waals surface area contributed by atoms with E-state index in [1.54, 1.807) is 7.11 Å². The first kappa shape index (κ1) is 22.4. The summed E-state index contributed by atoms with van der Waals surface area (Å²) in [6, 6.07) is 7.69. The Labute approximate surface area is 172 Å². The molecule has 0 atom stereocenters. The fourth-order valence-electron chi connectivity index (χ4n) is 4.26. The van der Waals surface area contributed by atoms with Crippen molar-refractivity contribution in [2.24, 2.45) is 5.41 Å². The van der Waals surface area contributed by atoms with Crippen LogP contribution in [-0.2, 0) is 19.7 Å². The molecule has 152 valence electrons. The van der Waals surface area contributed by atoms with Crippen molar-refractivity contribution in [3.8, 4) is 0 Å². The molecule has 0 saturated carbocycles. The lowest BCUT2D eigenvalue weighted by atomic mass is 9.72. The third-order valence-electron chi connectivity index (χ3n) is 5.91. The van der Waals surface area contributed by atoms with Gasteiger partial charge in [-0.15, -0.1) is 12.4 Å². The molecule has 1 amide bonds. The number of halogens is 2. The summed E-state index contributed by atoms with van der Waals surface area (Å²) in [6.45, 7) is 4.37. The second kappa shape index (κ2) is 10.1. The summed E-state index contributed by atoms with van der Waals surface area (Å²) < 4.78 is 11.0. The Morgan fingerprint density at radius 3 is 2.52 bits per heavy atom. The maximum atomic E-state index is 13.4. The van der Waals surface area contributed by atoms with Crippen LogP contribution < -0.4 is 10.6 Å². The molecule has 1 aromatic carbocycles. The monoisotopic (exact) mass is 416 g/mol. The average molecular weight is 417 g/mol. The van der Waals surface area contributed by atoms with Gasteiger partial charge in [0.15, 0.2) is 0 Å². The van der Waals surface area contributed by atoms with Crippen LogP contribution in [-0.4, -0.2) is 52.5 Å². The van der Waals surface area contributed by atoms with Crippen LogP contribution >= 0.6 is 24.0 Å². The Kier molecular flexibility index (Phi) is 8.38. The maximum absolute atomic E-state index is 13.4. The minimum atomic E-state index is -0.613. The van der Waals surface area contributed by atoms with E-state index in [-0.39, 0.29) is 23.7 Å². The summed E-state index contributed by atoms with van der Waals surface area (Å²) in [5.74, 6) is 0.0583. The maximum Gasteiger partial charge on any atom is 0.230 e. The highest BCUT2D eigenvalue weighted by Gasteiger charge is 2.44. The van der Waals surface area contributed by atoms with Crippen molar-refractivity contribution in [1.82, 2.24) is 10.6 Å². The lowest BCUT2D eigenvalue weighted by Gasteiger charge is -2.40. The van der Waals surface area contributed by atoms with Gasteiger partial charge in [-0.05, 0) is 50.4 Å². The van der Waals surface area contributed by atoms with E-state index in [9.17, 15) is 4.79 Å². The third-order valence-corrected chi connectivity index (χ3v) is 6.24. The van der Waals surface area contributed by atoms with E-state index in [1.165, 1.54) is 0 Å². The number of ether oxygens (including phenoxy) is 2. The Morgan fingerprint density at radius 2 is 1.89 bits per heavy atom. The first-order chi connectivity index (χ1) is 12.6. The lowest BCUT2D eigenvalue weighted by Crippen LogP contribution is -2.53. The summed E-state index contributed by atoms with van der Waals surface area (Å²) in [7, 11) is 1.73. The van der Waals surface area contributed by atoms with Gasteiger partial charge in [-0.3, -0.25) is 4.79 Å². The van der Waals surface area contributed by atoms with Gasteiger partial charge in [0.2, 0.25) is 5.91 Å². The van der Waals surface area contributed by atoms with Gasteiger partial charge in [-0.2, -0.15) is 0 Å². The molecular weight excluding hydrogens is 387 g/mol. The summed E-state index contributed by atoms with van der Waals surface area (Å²) >= 11 is 6.47. The quantitative estimate of drug-likeness (QED) is 0.748. The van der Waals surface area contributed by atoms with Crippen molar-refractivity contribution in [2.45, 2.75) is 31.1 Å². The number of nitrogens with one attached hydrogen (secondary N) is 2. The molecule has 27 heavy (non-hydrogen) atoms. The van der Waals surface area contributed by atoms with Crippen LogP contribution in [0.4, 0.5) is 0 Å². The normalized spacial score (nSPS) is 21.1. The van der Waals surface area contributed by atoms with Crippen LogP contribution in [0.3, 0.4) is 0 Å². The standard InChI is InChI=1S/C20H29ClN2O3.ClH/c1-25-15-19(6-10-22-11-7-19)14-23-18(24)20(8-12-26-13-9-20)16-4-2-3-5-17(16)21;/h2-5,22H,6-15H2,1H3,(H,23,24);1H. The smallest absolute Gasteiger partial charge is 0.230 e. The molecule has 7 heteroatoms. The van der Waals surface area contributed by atoms with Crippen LogP contribution in [0.15, 0.2) is 24.3 Å². The van der Waals surface area contributed by atoms with E-state index in [0.29, 0.717) is 44.2 Å². The zero-order valence-corrected chi connectivity index (χ0v) is 17.5. The Bertz CT molecular complexity index is 609. The minimum absolute atomic E-state index is 0. The zero-order chi connectivity index (χ0) is 18.5. The number of rotatable bonds is 6. The minimum Gasteiger partial charge on any atom is -0.384 e. The van der Waals surface area contributed by atoms with Crippen LogP contribution in [0.5, 0.6) is 0 Å². The molecule has 2 N–H and O–H groups in total. The highest BCUT2D eigenvalue weighted by molar-refractivity contribution is 6.31. The first-order valence-electron chi connectivity index (χ1n) is 9.43. The molecule has 2 aliphatic rings. The summed E-state index contributed by atoms with van der Waals surface area (Å²) in [5, 5.41) is 7.29. The molecule has 0 aromatic heterocycles. The largest absolute Gasteiger partial charge is 0.384 e. The summed E-state index contributed by atoms with van der Waals surface area (Å²) in [5.41, 5.74) is 0.300. The molecule has 0 unspecified atom stereocenters. The molecule has 2 saturated heterocycles. The second-order valence-electron chi connectivity index (χ2n) is 7.54. The molecule has 0 spiro atoms. The summed E-state index contributed by atoms with van der Waals surface area (Å²) in [4.78, 5) is 13.4. The average Bonchev–Trinajstić information content (AvgIpc) is 2.68. The van der Waals surface area contributed by atoms with Gasteiger partial charge in [0.1, 0.15) is 0 Å². The van der Waals surface area contributed by atoms with Gasteiger partial charge in [0.25, 0.3) is 0 Å². The number of amides is 1. The van der Waals surface area contributed by atoms with Crippen molar-refractivity contribution in [2.75, 3.05) is 46.6 Å². The van der Waals surface area contributed by atoms with Crippen molar-refractivity contribution < 1.29 is 14.3 Å². The fourth-order valence-corrected chi connectivity index (χ4v) is 4.58. The highest BCUT2D eigenvalue weighted by Crippen LogP contribution is 2.39. The van der Waals surface area contributed by atoms with Crippen LogP contribution in [0, 0.1) is 5.41 Å². The van der Waals surface area contributed by atoms with Crippen LogP contribution in [0.2, 0.25) is 5.02 Å². The zero-order valence-electron chi connectivity index (χ0n) is 15.9. The van der Waals surface area contributed by atoms with Gasteiger partial charge in [0.05, 0.1) is 12.0 Å². The number of piperidine rings is 1. The van der Waals surface area contributed by atoms with Crippen LogP contribution in [0.25, 0.3) is 0 Å². The van der Waals surface area contributed by atoms with E-state index < -0.39 is 5.41 Å². The molecule has 0 radical (unpaired) electrons. The fraction of sp³-hybridized carbons (Fsp3) is 0.650. The Balaban J connectivity index is 0.00000261. The van der Waals surface area contributed by atoms with Crippen molar-refractivity contribution in [3.05, 3.63) is 34.9 Å². The Morgan fingerprint density at radius 1 is 1.22 bits per heavy atom. The molecule has 0 aliphatic carbocycles. The van der Waals surface area contributed by atoms with Gasteiger partial charge in [-0.1, -0.05) is 29.8 Å². The first-order valence-corrected chi connectivity index (χ1v) is 9.80. The van der Waals surface area contributed by atoms with E-state index >= 15 is 0 Å². The number of benzene rings is 1. The van der Waals surface area contributed by atoms with Gasteiger partial charge >= 0.3 is 0 Å². The van der Waals surface area contributed by atoms with Gasteiger partial charge in [0, 0.05) is 37.3 Å². The molecule has 2 heterocycles. The molecule has 2 aliphatic heterocycles. The lowest BCUT2D eigenvalue weighted by molar-refractivity contribution is -0.131. The predicted molar refractivity (Wildman–Crippen MR) is 110 cm³/mol. The van der Waals surface area contributed by atoms with Crippen molar-refractivity contribution in [3.63, 3.8) is 0 Å². The molecule has 3 rings (SSSR count). The molecular formula is C20H30Cl2N2O3. The number of hydrogen-bond acceptors (Lipinski definition) is 4. The van der Waals surface area contributed by atoms with Gasteiger partial charge in [-0.25, -0.2) is 0 Å². The number of carbonyl (C=O) groups is 1. The predicted octanol–water partition coefficient (Wildman–Crippen LogP) is 2.94. The number of hydrogen-bond donors (Lipinski definition) is 2. The highest BCUT2D eigenvalue weighted by atomic mass is 35.5. The van der Waals surface area contributed by atoms with E-state index in [1.807, 2.05) is 24.3 Å². The topological polar surface area (TPSA) is 59.6 Å². The number of carbonyl (C=O) groups excluding carboxylic acids is 1. The van der Waals surface area contributed by atoms with E-state index in [4.69, 9.17) is 21.1 Å². The SMILES string of the molecule is COCC1(CNC(=O)C2(c3ccccc3Cl)CCOCC2)CCNCC1.Cl. The third kappa shape index (κ3) is 4.96. The molecule has 2 fully saturated rings. The molecule has 1 aromatic rings. The number of methoxy groups -OCH3 is 1. The van der Waals surface area contributed by atoms with E-state index in [0.717, 1.165) is 31.5 Å². The summed E-state index contributed by atoms with van der Waals surface area (Å²) in [6.07, 6.45) is 3.31. The molecule has 0 bridgehead atoms. The van der Waals surface area contributed by atoms with Crippen LogP contribution in [0.1, 0.15) is 31.2 Å².